The molecule has 106 valence electrons. The van der Waals surface area contributed by atoms with Crippen LogP contribution in [0.1, 0.15) is 25.5 Å². The summed E-state index contributed by atoms with van der Waals surface area (Å²) in [7, 11) is 1.78. The fraction of sp³-hybridized carbons (Fsp3) is 0.467. The summed E-state index contributed by atoms with van der Waals surface area (Å²) in [6, 6.07) is 7.95. The van der Waals surface area contributed by atoms with E-state index in [1.54, 1.807) is 7.05 Å². The van der Waals surface area contributed by atoms with Crippen LogP contribution in [0.3, 0.4) is 0 Å². The fourth-order valence-corrected chi connectivity index (χ4v) is 2.52. The van der Waals surface area contributed by atoms with E-state index in [4.69, 9.17) is 5.26 Å². The van der Waals surface area contributed by atoms with Crippen molar-refractivity contribution in [1.29, 1.82) is 5.26 Å². The highest BCUT2D eigenvalue weighted by Gasteiger charge is 2.29. The molecule has 2 rings (SSSR count). The second-order valence-corrected chi connectivity index (χ2v) is 5.05. The Hall–Kier alpha value is -2.06. The van der Waals surface area contributed by atoms with Gasteiger partial charge in [-0.25, -0.2) is 0 Å². The van der Waals surface area contributed by atoms with Crippen molar-refractivity contribution in [3.63, 3.8) is 0 Å². The Morgan fingerprint density at radius 3 is 2.90 bits per heavy atom. The molecule has 1 aliphatic rings. The second kappa shape index (κ2) is 5.93. The standard InChI is InChI=1S/C15H20N4O/c1-4-19(9-10(2)8-16)11-5-6-12-13(7-11)18-15(20)14(12)17-3/h5-7,10,14,17H,4,9H2,1-3H3,(H,18,20). The van der Waals surface area contributed by atoms with E-state index in [1.165, 1.54) is 0 Å². The van der Waals surface area contributed by atoms with Crippen molar-refractivity contribution in [2.24, 2.45) is 5.92 Å². The predicted octanol–water partition coefficient (Wildman–Crippen LogP) is 1.89. The zero-order valence-electron chi connectivity index (χ0n) is 12.1. The Morgan fingerprint density at radius 1 is 1.55 bits per heavy atom. The van der Waals surface area contributed by atoms with Gasteiger partial charge in [-0.2, -0.15) is 5.26 Å². The largest absolute Gasteiger partial charge is 0.370 e. The van der Waals surface area contributed by atoms with Gasteiger partial charge in [-0.1, -0.05) is 6.07 Å². The number of hydrogen-bond acceptors (Lipinski definition) is 4. The smallest absolute Gasteiger partial charge is 0.246 e. The lowest BCUT2D eigenvalue weighted by atomic mass is 10.1. The number of nitrogens with one attached hydrogen (secondary N) is 2. The number of rotatable bonds is 5. The molecule has 0 saturated carbocycles. The summed E-state index contributed by atoms with van der Waals surface area (Å²) in [5.74, 6) is -0.0454. The van der Waals surface area contributed by atoms with E-state index in [0.29, 0.717) is 6.54 Å². The van der Waals surface area contributed by atoms with Crippen molar-refractivity contribution in [2.75, 3.05) is 30.4 Å². The quantitative estimate of drug-likeness (QED) is 0.859. The number of nitrogens with zero attached hydrogens (tertiary/aromatic N) is 2. The van der Waals surface area contributed by atoms with E-state index in [0.717, 1.165) is 23.5 Å². The Balaban J connectivity index is 2.26. The van der Waals surface area contributed by atoms with Crippen molar-refractivity contribution in [3.05, 3.63) is 23.8 Å². The third-order valence-electron chi connectivity index (χ3n) is 3.62. The summed E-state index contributed by atoms with van der Waals surface area (Å²) in [5, 5.41) is 14.8. The molecule has 0 bridgehead atoms. The Labute approximate surface area is 119 Å². The summed E-state index contributed by atoms with van der Waals surface area (Å²) < 4.78 is 0. The number of carbonyl (C=O) groups excluding carboxylic acids is 1. The van der Waals surface area contributed by atoms with Gasteiger partial charge in [0.05, 0.1) is 12.0 Å². The molecule has 2 N–H and O–H groups in total. The van der Waals surface area contributed by atoms with Gasteiger partial charge in [-0.3, -0.25) is 4.79 Å². The number of carbonyl (C=O) groups is 1. The molecule has 0 radical (unpaired) electrons. The molecule has 1 amide bonds. The number of benzene rings is 1. The van der Waals surface area contributed by atoms with Crippen molar-refractivity contribution < 1.29 is 4.79 Å². The molecular weight excluding hydrogens is 252 g/mol. The summed E-state index contributed by atoms with van der Waals surface area (Å²) in [6.07, 6.45) is 0. The zero-order valence-corrected chi connectivity index (χ0v) is 12.1. The van der Waals surface area contributed by atoms with E-state index in [9.17, 15) is 4.79 Å². The molecule has 5 nitrogen and oxygen atoms in total. The van der Waals surface area contributed by atoms with Crippen molar-refractivity contribution in [2.45, 2.75) is 19.9 Å². The average molecular weight is 272 g/mol. The number of anilines is 2. The van der Waals surface area contributed by atoms with E-state index >= 15 is 0 Å². The van der Waals surface area contributed by atoms with Crippen LogP contribution in [0.2, 0.25) is 0 Å². The third kappa shape index (κ3) is 2.61. The van der Waals surface area contributed by atoms with E-state index in [1.807, 2.05) is 25.1 Å². The molecule has 0 aromatic heterocycles. The molecule has 0 fully saturated rings. The Kier molecular flexibility index (Phi) is 4.26. The van der Waals surface area contributed by atoms with Crippen LogP contribution >= 0.6 is 0 Å². The number of hydrogen-bond donors (Lipinski definition) is 2. The van der Waals surface area contributed by atoms with Crippen LogP contribution in [-0.4, -0.2) is 26.0 Å². The van der Waals surface area contributed by atoms with Crippen LogP contribution in [0.15, 0.2) is 18.2 Å². The van der Waals surface area contributed by atoms with Gasteiger partial charge >= 0.3 is 0 Å². The molecule has 2 atom stereocenters. The highest BCUT2D eigenvalue weighted by atomic mass is 16.2. The van der Waals surface area contributed by atoms with Crippen LogP contribution in [-0.2, 0) is 4.79 Å². The zero-order chi connectivity index (χ0) is 14.7. The van der Waals surface area contributed by atoms with E-state index in [-0.39, 0.29) is 17.9 Å². The molecule has 0 saturated heterocycles. The molecule has 1 aromatic carbocycles. The maximum atomic E-state index is 11.8. The number of likely N-dealkylation sites (N-methyl/N-ethyl adjacent to an activating group) is 1. The number of fused-ring (bicyclic) bond motifs is 1. The molecule has 20 heavy (non-hydrogen) atoms. The first-order valence-corrected chi connectivity index (χ1v) is 6.87. The summed E-state index contributed by atoms with van der Waals surface area (Å²) >= 11 is 0. The van der Waals surface area contributed by atoms with Gasteiger partial charge < -0.3 is 15.5 Å². The topological polar surface area (TPSA) is 68.2 Å². The normalized spacial score (nSPS) is 18.1. The second-order valence-electron chi connectivity index (χ2n) is 5.05. The predicted molar refractivity (Wildman–Crippen MR) is 79.5 cm³/mol. The maximum absolute atomic E-state index is 11.8. The van der Waals surface area contributed by atoms with Gasteiger partial charge in [0.2, 0.25) is 5.91 Å². The van der Waals surface area contributed by atoms with Gasteiger partial charge in [-0.15, -0.1) is 0 Å². The highest BCUT2D eigenvalue weighted by Crippen LogP contribution is 2.33. The van der Waals surface area contributed by atoms with Crippen molar-refractivity contribution in [3.8, 4) is 6.07 Å². The minimum absolute atomic E-state index is 0.0203. The van der Waals surface area contributed by atoms with Crippen LogP contribution in [0.5, 0.6) is 0 Å². The SMILES string of the molecule is CCN(CC(C)C#N)c1ccc2c(c1)NC(=O)C2NC. The Bertz CT molecular complexity index is 549. The average Bonchev–Trinajstić information content (AvgIpc) is 2.78. The number of amides is 1. The first-order valence-electron chi connectivity index (χ1n) is 6.87. The van der Waals surface area contributed by atoms with Gasteiger partial charge in [-0.05, 0) is 33.0 Å². The molecule has 5 heteroatoms. The van der Waals surface area contributed by atoms with Gasteiger partial charge in [0.15, 0.2) is 0 Å². The van der Waals surface area contributed by atoms with E-state index in [2.05, 4.69) is 28.5 Å². The third-order valence-corrected chi connectivity index (χ3v) is 3.62. The first kappa shape index (κ1) is 14.4. The Morgan fingerprint density at radius 2 is 2.30 bits per heavy atom. The molecular formula is C15H20N4O. The van der Waals surface area contributed by atoms with Crippen LogP contribution in [0, 0.1) is 17.2 Å². The monoisotopic (exact) mass is 272 g/mol. The summed E-state index contributed by atoms with van der Waals surface area (Å²) in [6.45, 7) is 5.49. The molecule has 2 unspecified atom stereocenters. The maximum Gasteiger partial charge on any atom is 0.246 e. The first-order chi connectivity index (χ1) is 9.60. The summed E-state index contributed by atoms with van der Waals surface area (Å²) in [5.41, 5.74) is 2.87. The minimum Gasteiger partial charge on any atom is -0.370 e. The van der Waals surface area contributed by atoms with Crippen molar-refractivity contribution >= 4 is 17.3 Å². The molecule has 1 aromatic rings. The van der Waals surface area contributed by atoms with Crippen LogP contribution in [0.4, 0.5) is 11.4 Å². The molecule has 1 heterocycles. The highest BCUT2D eigenvalue weighted by molar-refractivity contribution is 6.03. The molecule has 0 spiro atoms. The lowest BCUT2D eigenvalue weighted by Gasteiger charge is -2.24. The fourth-order valence-electron chi connectivity index (χ4n) is 2.52. The minimum atomic E-state index is -0.271. The molecule has 0 aliphatic carbocycles. The van der Waals surface area contributed by atoms with Gasteiger partial charge in [0, 0.05) is 30.0 Å². The molecule has 1 aliphatic heterocycles. The van der Waals surface area contributed by atoms with Gasteiger partial charge in [0.25, 0.3) is 0 Å². The van der Waals surface area contributed by atoms with Crippen LogP contribution in [0.25, 0.3) is 0 Å². The van der Waals surface area contributed by atoms with Crippen molar-refractivity contribution in [1.82, 2.24) is 5.32 Å². The van der Waals surface area contributed by atoms with E-state index < -0.39 is 0 Å². The summed E-state index contributed by atoms with van der Waals surface area (Å²) in [4.78, 5) is 14.0. The van der Waals surface area contributed by atoms with Gasteiger partial charge in [0.1, 0.15) is 6.04 Å². The van der Waals surface area contributed by atoms with Crippen LogP contribution < -0.4 is 15.5 Å². The lowest BCUT2D eigenvalue weighted by Crippen LogP contribution is -2.27. The number of nitriles is 1. The lowest BCUT2D eigenvalue weighted by molar-refractivity contribution is -0.117.